The average Bonchev–Trinajstić information content (AvgIpc) is 1.57. The van der Waals surface area contributed by atoms with Crippen LogP contribution in [0.3, 0.4) is 0 Å². The van der Waals surface area contributed by atoms with Crippen LogP contribution >= 0.6 is 0 Å². The Kier molecular flexibility index (Phi) is 1.63. The summed E-state index contributed by atoms with van der Waals surface area (Å²) in [4.78, 5) is 8.72. The summed E-state index contributed by atoms with van der Waals surface area (Å²) in [6.07, 6.45) is 1.03. The van der Waals surface area contributed by atoms with Gasteiger partial charge in [-0.25, -0.2) is 0 Å². The Morgan fingerprint density at radius 1 is 1.60 bits per heavy atom. The van der Waals surface area contributed by atoms with Gasteiger partial charge in [-0.05, 0) is 27.7 Å². The molecule has 56 valence electrons. The fourth-order valence-electron chi connectivity index (χ4n) is 1.43. The summed E-state index contributed by atoms with van der Waals surface area (Å²) < 4.78 is 0. The van der Waals surface area contributed by atoms with Crippen molar-refractivity contribution >= 4 is 11.4 Å². The lowest BCUT2D eigenvalue weighted by Crippen LogP contribution is -2.33. The van der Waals surface area contributed by atoms with Crippen molar-refractivity contribution < 1.29 is 0 Å². The average molecular weight is 138 g/mol. The quantitative estimate of drug-likeness (QED) is 0.495. The molecule has 0 saturated heterocycles. The summed E-state index contributed by atoms with van der Waals surface area (Å²) in [7, 11) is 0. The van der Waals surface area contributed by atoms with Crippen molar-refractivity contribution in [2.45, 2.75) is 39.8 Å². The van der Waals surface area contributed by atoms with E-state index in [0.717, 1.165) is 12.1 Å². The van der Waals surface area contributed by atoms with Gasteiger partial charge < -0.3 is 0 Å². The van der Waals surface area contributed by atoms with Crippen LogP contribution < -0.4 is 0 Å². The smallest absolute Gasteiger partial charge is 0.152 e. The Morgan fingerprint density at radius 3 is 2.40 bits per heavy atom. The van der Waals surface area contributed by atoms with E-state index in [9.17, 15) is 0 Å². The van der Waals surface area contributed by atoms with Crippen LogP contribution in [0.1, 0.15) is 34.1 Å². The molecule has 1 atom stereocenters. The highest BCUT2D eigenvalue weighted by molar-refractivity contribution is 5.89. The van der Waals surface area contributed by atoms with E-state index < -0.39 is 0 Å². The van der Waals surface area contributed by atoms with Gasteiger partial charge in [-0.2, -0.15) is 0 Å². The molecular formula is C8H14N2. The molecule has 2 heteroatoms. The number of nitrogens with zero attached hydrogens (tertiary/aromatic N) is 2. The number of aliphatic imine (C=N–C) groups is 2. The van der Waals surface area contributed by atoms with E-state index in [4.69, 9.17) is 0 Å². The topological polar surface area (TPSA) is 24.7 Å². The maximum Gasteiger partial charge on any atom is 0.152 e. The lowest BCUT2D eigenvalue weighted by atomic mass is 9.99. The minimum atomic E-state index is -0.108. The first kappa shape index (κ1) is 7.45. The van der Waals surface area contributed by atoms with Gasteiger partial charge >= 0.3 is 0 Å². The Labute approximate surface area is 62.1 Å². The van der Waals surface area contributed by atoms with Gasteiger partial charge in [0.25, 0.3) is 0 Å². The molecule has 0 aromatic rings. The fourth-order valence-corrected chi connectivity index (χ4v) is 1.43. The summed E-state index contributed by atoms with van der Waals surface area (Å²) >= 11 is 0. The molecular weight excluding hydrogens is 124 g/mol. The summed E-state index contributed by atoms with van der Waals surface area (Å²) in [5.41, 5.74) is 2.22. The van der Waals surface area contributed by atoms with Crippen molar-refractivity contribution in [3.63, 3.8) is 0 Å². The van der Waals surface area contributed by atoms with Crippen molar-refractivity contribution in [3.05, 3.63) is 0 Å². The van der Waals surface area contributed by atoms with Crippen LogP contribution in [-0.4, -0.2) is 17.1 Å². The van der Waals surface area contributed by atoms with Crippen LogP contribution in [0, 0.1) is 0 Å². The van der Waals surface area contributed by atoms with Crippen LogP contribution in [0.15, 0.2) is 9.98 Å². The summed E-state index contributed by atoms with van der Waals surface area (Å²) in [6, 6.07) is 0. The van der Waals surface area contributed by atoms with Crippen LogP contribution in [0.4, 0.5) is 0 Å². The van der Waals surface area contributed by atoms with Crippen LogP contribution in [0.5, 0.6) is 0 Å². The summed E-state index contributed by atoms with van der Waals surface area (Å²) in [5, 5.41) is 0. The lowest BCUT2D eigenvalue weighted by molar-refractivity contribution is 0.470. The van der Waals surface area contributed by atoms with Gasteiger partial charge in [0.2, 0.25) is 0 Å². The molecule has 0 bridgehead atoms. The molecule has 0 aromatic heterocycles. The molecule has 10 heavy (non-hydrogen) atoms. The van der Waals surface area contributed by atoms with Crippen molar-refractivity contribution in [2.24, 2.45) is 9.98 Å². The lowest BCUT2D eigenvalue weighted by Gasteiger charge is -2.30. The zero-order valence-electron chi connectivity index (χ0n) is 7.10. The molecule has 2 nitrogen and oxygen atoms in total. The Balaban J connectivity index is 2.68. The van der Waals surface area contributed by atoms with Crippen molar-refractivity contribution in [3.8, 4) is 0 Å². The van der Waals surface area contributed by atoms with Crippen molar-refractivity contribution in [2.75, 3.05) is 0 Å². The van der Waals surface area contributed by atoms with E-state index in [1.165, 1.54) is 5.71 Å². The number of hydrogen-bond acceptors (Lipinski definition) is 2. The van der Waals surface area contributed by atoms with Crippen LogP contribution in [-0.2, 0) is 0 Å². The van der Waals surface area contributed by atoms with E-state index in [1.54, 1.807) is 0 Å². The molecule has 0 aromatic carbocycles. The zero-order valence-corrected chi connectivity index (χ0v) is 7.10. The molecule has 0 saturated carbocycles. The molecule has 0 N–H and O–H groups in total. The SMILES string of the molecule is CC(C)=NC1(C)CC(C)=N1. The monoisotopic (exact) mass is 138 g/mol. The van der Waals surface area contributed by atoms with Gasteiger partial charge in [0.1, 0.15) is 0 Å². The van der Waals surface area contributed by atoms with E-state index in [1.807, 2.05) is 20.8 Å². The van der Waals surface area contributed by atoms with Gasteiger partial charge in [-0.1, -0.05) is 0 Å². The Hall–Kier alpha value is -0.660. The predicted octanol–water partition coefficient (Wildman–Crippen LogP) is 2.05. The van der Waals surface area contributed by atoms with Gasteiger partial charge in [0.05, 0.1) is 0 Å². The minimum Gasteiger partial charge on any atom is -0.265 e. The van der Waals surface area contributed by atoms with Gasteiger partial charge in [0.15, 0.2) is 5.66 Å². The maximum absolute atomic E-state index is 4.39. The molecule has 1 unspecified atom stereocenters. The number of rotatable bonds is 1. The summed E-state index contributed by atoms with van der Waals surface area (Å²) in [6.45, 7) is 8.12. The third-order valence-corrected chi connectivity index (χ3v) is 1.49. The normalized spacial score (nSPS) is 30.6. The zero-order chi connectivity index (χ0) is 7.78. The molecule has 0 fully saturated rings. The van der Waals surface area contributed by atoms with E-state index in [0.29, 0.717) is 0 Å². The Morgan fingerprint density at radius 2 is 2.10 bits per heavy atom. The minimum absolute atomic E-state index is 0.108. The van der Waals surface area contributed by atoms with Gasteiger partial charge in [-0.3, -0.25) is 9.98 Å². The summed E-state index contributed by atoms with van der Waals surface area (Å²) in [5.74, 6) is 0. The van der Waals surface area contributed by atoms with Crippen molar-refractivity contribution in [1.29, 1.82) is 0 Å². The van der Waals surface area contributed by atoms with E-state index in [-0.39, 0.29) is 5.66 Å². The molecule has 1 rings (SSSR count). The van der Waals surface area contributed by atoms with Crippen molar-refractivity contribution in [1.82, 2.24) is 0 Å². The standard InChI is InChI=1S/C8H14N2/c1-6(2)9-8(4)5-7(3)10-8/h5H2,1-4H3. The fraction of sp³-hybridized carbons (Fsp3) is 0.750. The first-order valence-electron chi connectivity index (χ1n) is 3.60. The maximum atomic E-state index is 4.39. The van der Waals surface area contributed by atoms with E-state index >= 15 is 0 Å². The Bertz CT molecular complexity index is 199. The molecule has 0 spiro atoms. The first-order valence-corrected chi connectivity index (χ1v) is 3.60. The van der Waals surface area contributed by atoms with Gasteiger partial charge in [0, 0.05) is 17.8 Å². The molecule has 1 aliphatic rings. The second kappa shape index (κ2) is 2.19. The second-order valence-electron chi connectivity index (χ2n) is 3.30. The largest absolute Gasteiger partial charge is 0.265 e. The highest BCUT2D eigenvalue weighted by Crippen LogP contribution is 2.27. The molecule has 0 amide bonds. The molecule has 0 aliphatic carbocycles. The molecule has 1 aliphatic heterocycles. The first-order chi connectivity index (χ1) is 4.52. The predicted molar refractivity (Wildman–Crippen MR) is 44.9 cm³/mol. The highest BCUT2D eigenvalue weighted by Gasteiger charge is 2.30. The van der Waals surface area contributed by atoms with Gasteiger partial charge in [-0.15, -0.1) is 0 Å². The third kappa shape index (κ3) is 1.43. The molecule has 1 heterocycles. The van der Waals surface area contributed by atoms with E-state index in [2.05, 4.69) is 16.9 Å². The highest BCUT2D eigenvalue weighted by atomic mass is 15.1. The van der Waals surface area contributed by atoms with Crippen LogP contribution in [0.25, 0.3) is 0 Å². The second-order valence-corrected chi connectivity index (χ2v) is 3.30. The third-order valence-electron chi connectivity index (χ3n) is 1.49. The number of hydrogen-bond donors (Lipinski definition) is 0. The molecule has 0 radical (unpaired) electrons. The van der Waals surface area contributed by atoms with Crippen LogP contribution in [0.2, 0.25) is 0 Å².